The molecule has 1 aromatic carbocycles. The number of hydrogen-bond donors (Lipinski definition) is 1. The van der Waals surface area contributed by atoms with Crippen molar-refractivity contribution in [3.63, 3.8) is 0 Å². The van der Waals surface area contributed by atoms with Crippen LogP contribution in [0.2, 0.25) is 0 Å². The average Bonchev–Trinajstić information content (AvgIpc) is 3.00. The summed E-state index contributed by atoms with van der Waals surface area (Å²) in [5.41, 5.74) is 1.59. The smallest absolute Gasteiger partial charge is 0.119 e. The molecule has 2 aromatic rings. The van der Waals surface area contributed by atoms with E-state index in [0.717, 1.165) is 24.3 Å². The molecule has 1 N–H and O–H groups in total. The highest BCUT2D eigenvalue weighted by Crippen LogP contribution is 2.14. The minimum absolute atomic E-state index is 0.659. The molecule has 106 valence electrons. The second-order valence-corrected chi connectivity index (χ2v) is 4.43. The Labute approximate surface area is 118 Å². The molecule has 0 aliphatic carbocycles. The normalized spacial score (nSPS) is 11.6. The Morgan fingerprint density at radius 1 is 1.35 bits per heavy atom. The summed E-state index contributed by atoms with van der Waals surface area (Å²) < 4.78 is 7.70. The van der Waals surface area contributed by atoms with Crippen LogP contribution in [0.3, 0.4) is 0 Å². The van der Waals surface area contributed by atoms with E-state index in [2.05, 4.69) is 10.1 Å². The highest BCUT2D eigenvalue weighted by atomic mass is 16.5. The number of ether oxygens (including phenoxy) is 1. The first-order valence-electron chi connectivity index (χ1n) is 6.73. The third kappa shape index (κ3) is 3.85. The van der Waals surface area contributed by atoms with Crippen molar-refractivity contribution in [3.8, 4) is 5.75 Å². The third-order valence-electron chi connectivity index (χ3n) is 3.03. The van der Waals surface area contributed by atoms with Crippen LogP contribution in [-0.4, -0.2) is 27.1 Å². The fraction of sp³-hybridized carbons (Fsp3) is 0.333. The van der Waals surface area contributed by atoms with Crippen molar-refractivity contribution in [2.24, 2.45) is 5.16 Å². The van der Waals surface area contributed by atoms with E-state index in [4.69, 9.17) is 9.94 Å². The Kier molecular flexibility index (Phi) is 5.17. The van der Waals surface area contributed by atoms with E-state index in [-0.39, 0.29) is 0 Å². The van der Waals surface area contributed by atoms with E-state index < -0.39 is 0 Å². The van der Waals surface area contributed by atoms with Gasteiger partial charge in [0.05, 0.1) is 18.6 Å². The Hall–Kier alpha value is -2.30. The van der Waals surface area contributed by atoms with Gasteiger partial charge >= 0.3 is 0 Å². The first-order valence-corrected chi connectivity index (χ1v) is 6.73. The second kappa shape index (κ2) is 7.33. The average molecular weight is 273 g/mol. The van der Waals surface area contributed by atoms with Gasteiger partial charge in [-0.25, -0.2) is 4.98 Å². The molecule has 0 aliphatic heterocycles. The maximum atomic E-state index is 8.86. The van der Waals surface area contributed by atoms with Crippen molar-refractivity contribution in [3.05, 3.63) is 48.5 Å². The van der Waals surface area contributed by atoms with E-state index >= 15 is 0 Å². The molecule has 5 nitrogen and oxygen atoms in total. The van der Waals surface area contributed by atoms with Crippen LogP contribution in [0.5, 0.6) is 5.75 Å². The molecule has 0 aliphatic rings. The highest BCUT2D eigenvalue weighted by Gasteiger charge is 2.02. The zero-order chi connectivity index (χ0) is 14.2. The lowest BCUT2D eigenvalue weighted by Gasteiger charge is -2.08. The van der Waals surface area contributed by atoms with Crippen LogP contribution in [-0.2, 0) is 6.54 Å². The van der Waals surface area contributed by atoms with Gasteiger partial charge in [-0.2, -0.15) is 0 Å². The predicted octanol–water partition coefficient (Wildman–Crippen LogP) is 2.94. The quantitative estimate of drug-likeness (QED) is 0.365. The lowest BCUT2D eigenvalue weighted by atomic mass is 10.1. The molecule has 0 spiro atoms. The van der Waals surface area contributed by atoms with Crippen LogP contribution < -0.4 is 4.74 Å². The Bertz CT molecular complexity index is 533. The van der Waals surface area contributed by atoms with Gasteiger partial charge in [-0.05, 0) is 42.7 Å². The van der Waals surface area contributed by atoms with Gasteiger partial charge in [-0.1, -0.05) is 12.1 Å². The fourth-order valence-electron chi connectivity index (χ4n) is 1.93. The van der Waals surface area contributed by atoms with Gasteiger partial charge in [0, 0.05) is 18.9 Å². The maximum absolute atomic E-state index is 8.86. The third-order valence-corrected chi connectivity index (χ3v) is 3.03. The summed E-state index contributed by atoms with van der Waals surface area (Å²) in [4.78, 5) is 3.99. The zero-order valence-corrected chi connectivity index (χ0v) is 11.6. The highest BCUT2D eigenvalue weighted by molar-refractivity contribution is 6.00. The van der Waals surface area contributed by atoms with Crippen molar-refractivity contribution in [1.29, 1.82) is 0 Å². The summed E-state index contributed by atoms with van der Waals surface area (Å²) in [6.07, 6.45) is 7.14. The molecular formula is C15H19N3O2. The van der Waals surface area contributed by atoms with E-state index in [1.165, 1.54) is 0 Å². The van der Waals surface area contributed by atoms with Crippen LogP contribution in [0.4, 0.5) is 0 Å². The van der Waals surface area contributed by atoms with Gasteiger partial charge in [0.25, 0.3) is 0 Å². The topological polar surface area (TPSA) is 59.6 Å². The van der Waals surface area contributed by atoms with Gasteiger partial charge in [0.1, 0.15) is 5.75 Å². The van der Waals surface area contributed by atoms with E-state index in [9.17, 15) is 0 Å². The SMILES string of the molecule is CCC(=NO)c1ccc(OCCCn2ccnc2)cc1. The van der Waals surface area contributed by atoms with Gasteiger partial charge in [0.2, 0.25) is 0 Å². The number of oxime groups is 1. The second-order valence-electron chi connectivity index (χ2n) is 4.43. The minimum Gasteiger partial charge on any atom is -0.494 e. The number of aromatic nitrogens is 2. The van der Waals surface area contributed by atoms with Gasteiger partial charge in [0.15, 0.2) is 0 Å². The van der Waals surface area contributed by atoms with Crippen LogP contribution in [0.15, 0.2) is 48.1 Å². The molecule has 1 aromatic heterocycles. The van der Waals surface area contributed by atoms with Crippen LogP contribution in [0, 0.1) is 0 Å². The standard InChI is InChI=1S/C15H19N3O2/c1-2-15(17-19)13-4-6-14(7-5-13)20-11-3-9-18-10-8-16-12-18/h4-8,10,12,19H,2-3,9,11H2,1H3. The Morgan fingerprint density at radius 3 is 2.75 bits per heavy atom. The molecule has 2 rings (SSSR count). The molecule has 0 radical (unpaired) electrons. The molecule has 0 saturated carbocycles. The maximum Gasteiger partial charge on any atom is 0.119 e. The van der Waals surface area contributed by atoms with Crippen LogP contribution in [0.1, 0.15) is 25.3 Å². The Morgan fingerprint density at radius 2 is 2.15 bits per heavy atom. The van der Waals surface area contributed by atoms with Gasteiger partial charge < -0.3 is 14.5 Å². The first kappa shape index (κ1) is 14.1. The van der Waals surface area contributed by atoms with Crippen molar-refractivity contribution in [2.45, 2.75) is 26.3 Å². The molecule has 0 amide bonds. The fourth-order valence-corrected chi connectivity index (χ4v) is 1.93. The largest absolute Gasteiger partial charge is 0.494 e. The van der Waals surface area contributed by atoms with Crippen molar-refractivity contribution in [1.82, 2.24) is 9.55 Å². The van der Waals surface area contributed by atoms with E-state index in [1.54, 1.807) is 12.5 Å². The summed E-state index contributed by atoms with van der Waals surface area (Å²) in [7, 11) is 0. The molecular weight excluding hydrogens is 254 g/mol. The number of imidazole rings is 1. The molecule has 0 unspecified atom stereocenters. The lowest BCUT2D eigenvalue weighted by Crippen LogP contribution is -2.03. The van der Waals surface area contributed by atoms with Crippen molar-refractivity contribution in [2.75, 3.05) is 6.61 Å². The van der Waals surface area contributed by atoms with E-state index in [0.29, 0.717) is 18.7 Å². The summed E-state index contributed by atoms with van der Waals surface area (Å²) in [6.45, 7) is 3.51. The monoisotopic (exact) mass is 273 g/mol. The molecule has 1 heterocycles. The molecule has 0 atom stereocenters. The predicted molar refractivity (Wildman–Crippen MR) is 77.4 cm³/mol. The van der Waals surface area contributed by atoms with Gasteiger partial charge in [-0.15, -0.1) is 0 Å². The van der Waals surface area contributed by atoms with Crippen LogP contribution >= 0.6 is 0 Å². The summed E-state index contributed by atoms with van der Waals surface area (Å²) >= 11 is 0. The minimum atomic E-state index is 0.659. The molecule has 20 heavy (non-hydrogen) atoms. The summed E-state index contributed by atoms with van der Waals surface area (Å²) in [6, 6.07) is 7.61. The molecule has 0 fully saturated rings. The number of benzene rings is 1. The lowest BCUT2D eigenvalue weighted by molar-refractivity contribution is 0.301. The number of aryl methyl sites for hydroxylation is 1. The zero-order valence-electron chi connectivity index (χ0n) is 11.6. The Balaban J connectivity index is 1.79. The molecule has 0 saturated heterocycles. The number of nitrogens with zero attached hydrogens (tertiary/aromatic N) is 3. The van der Waals surface area contributed by atoms with E-state index in [1.807, 2.05) is 42.0 Å². The van der Waals surface area contributed by atoms with Gasteiger partial charge in [-0.3, -0.25) is 0 Å². The summed E-state index contributed by atoms with van der Waals surface area (Å²) in [5, 5.41) is 12.1. The van der Waals surface area contributed by atoms with Crippen molar-refractivity contribution >= 4 is 5.71 Å². The first-order chi connectivity index (χ1) is 9.83. The molecule has 0 bridgehead atoms. The number of hydrogen-bond acceptors (Lipinski definition) is 4. The van der Waals surface area contributed by atoms with Crippen molar-refractivity contribution < 1.29 is 9.94 Å². The number of rotatable bonds is 7. The summed E-state index contributed by atoms with van der Waals surface area (Å²) in [5.74, 6) is 0.827. The molecule has 5 heteroatoms. The van der Waals surface area contributed by atoms with Crippen LogP contribution in [0.25, 0.3) is 0 Å².